The van der Waals surface area contributed by atoms with Crippen molar-refractivity contribution in [3.05, 3.63) is 33.9 Å². The van der Waals surface area contributed by atoms with Gasteiger partial charge in [0.1, 0.15) is 0 Å². The van der Waals surface area contributed by atoms with Gasteiger partial charge in [-0.05, 0) is 13.3 Å². The third kappa shape index (κ3) is 2.98. The van der Waals surface area contributed by atoms with Crippen LogP contribution in [0.25, 0.3) is 0 Å². The predicted molar refractivity (Wildman–Crippen MR) is 76.1 cm³/mol. The van der Waals surface area contributed by atoms with E-state index in [1.807, 2.05) is 36.6 Å². The first-order chi connectivity index (χ1) is 9.02. The van der Waals surface area contributed by atoms with Crippen LogP contribution < -0.4 is 5.32 Å². The van der Waals surface area contributed by atoms with E-state index in [1.54, 1.807) is 0 Å². The molecule has 104 valence electrons. The molecule has 0 aliphatic rings. The zero-order valence-corrected chi connectivity index (χ0v) is 12.6. The maximum absolute atomic E-state index is 6.31. The number of hydrogen-bond donors (Lipinski definition) is 1. The van der Waals surface area contributed by atoms with Crippen molar-refractivity contribution in [1.29, 1.82) is 0 Å². The van der Waals surface area contributed by atoms with Crippen LogP contribution in [0.3, 0.4) is 0 Å². The first-order valence-electron chi connectivity index (χ1n) is 6.43. The Morgan fingerprint density at radius 1 is 1.26 bits per heavy atom. The van der Waals surface area contributed by atoms with Crippen LogP contribution in [-0.4, -0.2) is 19.6 Å². The van der Waals surface area contributed by atoms with Crippen molar-refractivity contribution in [1.82, 2.24) is 24.9 Å². The molecule has 19 heavy (non-hydrogen) atoms. The molecule has 0 bridgehead atoms. The number of nitrogens with one attached hydrogen (secondary N) is 1. The molecule has 5 nitrogen and oxygen atoms in total. The van der Waals surface area contributed by atoms with Gasteiger partial charge in [-0.15, -0.1) is 0 Å². The van der Waals surface area contributed by atoms with E-state index in [2.05, 4.69) is 22.4 Å². The summed E-state index contributed by atoms with van der Waals surface area (Å²) in [5.74, 6) is 0. The van der Waals surface area contributed by atoms with Crippen molar-refractivity contribution in [2.24, 2.45) is 14.1 Å². The fraction of sp³-hybridized carbons (Fsp3) is 0.538. The van der Waals surface area contributed by atoms with Crippen LogP contribution in [0.1, 0.15) is 29.6 Å². The summed E-state index contributed by atoms with van der Waals surface area (Å²) < 4.78 is 3.68. The van der Waals surface area contributed by atoms with Gasteiger partial charge in [0.05, 0.1) is 22.1 Å². The second-order valence-corrected chi connectivity index (χ2v) is 5.08. The van der Waals surface area contributed by atoms with Gasteiger partial charge in [0.25, 0.3) is 0 Å². The van der Waals surface area contributed by atoms with Gasteiger partial charge in [0, 0.05) is 38.9 Å². The zero-order chi connectivity index (χ0) is 14.0. The Kier molecular flexibility index (Phi) is 4.27. The number of rotatable bonds is 5. The molecule has 0 spiro atoms. The molecular weight excluding hydrogens is 262 g/mol. The normalized spacial score (nSPS) is 11.2. The Labute approximate surface area is 118 Å². The van der Waals surface area contributed by atoms with Gasteiger partial charge in [-0.2, -0.15) is 10.2 Å². The number of aromatic nitrogens is 4. The van der Waals surface area contributed by atoms with E-state index in [9.17, 15) is 0 Å². The molecule has 2 aromatic rings. The molecule has 6 heteroatoms. The van der Waals surface area contributed by atoms with E-state index < -0.39 is 0 Å². The third-order valence-electron chi connectivity index (χ3n) is 3.23. The van der Waals surface area contributed by atoms with Crippen molar-refractivity contribution in [2.75, 3.05) is 0 Å². The van der Waals surface area contributed by atoms with Gasteiger partial charge in [-0.25, -0.2) is 0 Å². The lowest BCUT2D eigenvalue weighted by Gasteiger charge is -2.05. The summed E-state index contributed by atoms with van der Waals surface area (Å²) in [6.07, 6.45) is 2.89. The van der Waals surface area contributed by atoms with Gasteiger partial charge in [-0.3, -0.25) is 9.36 Å². The molecule has 2 heterocycles. The quantitative estimate of drug-likeness (QED) is 0.911. The second-order valence-electron chi connectivity index (χ2n) is 4.70. The molecule has 0 radical (unpaired) electrons. The summed E-state index contributed by atoms with van der Waals surface area (Å²) >= 11 is 6.31. The van der Waals surface area contributed by atoms with Crippen LogP contribution in [0.15, 0.2) is 6.20 Å². The fourth-order valence-corrected chi connectivity index (χ4v) is 2.51. The van der Waals surface area contributed by atoms with E-state index in [0.717, 1.165) is 35.1 Å². The van der Waals surface area contributed by atoms with Crippen molar-refractivity contribution >= 4 is 11.6 Å². The highest BCUT2D eigenvalue weighted by Crippen LogP contribution is 2.20. The molecule has 0 aromatic carbocycles. The highest BCUT2D eigenvalue weighted by molar-refractivity contribution is 6.31. The monoisotopic (exact) mass is 281 g/mol. The predicted octanol–water partition coefficient (Wildman–Crippen LogP) is 1.97. The number of halogens is 1. The smallest absolute Gasteiger partial charge is 0.0863 e. The molecule has 1 N–H and O–H groups in total. The maximum Gasteiger partial charge on any atom is 0.0863 e. The molecule has 0 aliphatic carbocycles. The van der Waals surface area contributed by atoms with E-state index in [0.29, 0.717) is 6.54 Å². The molecule has 0 atom stereocenters. The summed E-state index contributed by atoms with van der Waals surface area (Å²) in [5.41, 5.74) is 4.25. The minimum atomic E-state index is 0.705. The Hall–Kier alpha value is -1.33. The van der Waals surface area contributed by atoms with Crippen molar-refractivity contribution in [3.63, 3.8) is 0 Å². The molecule has 0 saturated heterocycles. The lowest BCUT2D eigenvalue weighted by atomic mass is 10.2. The van der Waals surface area contributed by atoms with Gasteiger partial charge in [-0.1, -0.05) is 18.5 Å². The summed E-state index contributed by atoms with van der Waals surface area (Å²) in [6.45, 7) is 5.56. The molecular formula is C13H20ClN5. The van der Waals surface area contributed by atoms with Crippen LogP contribution in [0.4, 0.5) is 0 Å². The lowest BCUT2D eigenvalue weighted by molar-refractivity contribution is 0.622. The average molecular weight is 282 g/mol. The minimum absolute atomic E-state index is 0.705. The molecule has 2 aromatic heterocycles. The fourth-order valence-electron chi connectivity index (χ4n) is 2.15. The topological polar surface area (TPSA) is 47.7 Å². The van der Waals surface area contributed by atoms with Crippen molar-refractivity contribution < 1.29 is 0 Å². The Balaban J connectivity index is 2.00. The van der Waals surface area contributed by atoms with Gasteiger partial charge >= 0.3 is 0 Å². The van der Waals surface area contributed by atoms with E-state index >= 15 is 0 Å². The molecule has 0 fully saturated rings. The number of hydrogen-bond acceptors (Lipinski definition) is 3. The Morgan fingerprint density at radius 3 is 2.53 bits per heavy atom. The van der Waals surface area contributed by atoms with Gasteiger partial charge < -0.3 is 5.32 Å². The largest absolute Gasteiger partial charge is 0.307 e. The van der Waals surface area contributed by atoms with Gasteiger partial charge in [0.15, 0.2) is 0 Å². The van der Waals surface area contributed by atoms with Crippen LogP contribution >= 0.6 is 11.6 Å². The van der Waals surface area contributed by atoms with Gasteiger partial charge in [0.2, 0.25) is 0 Å². The summed E-state index contributed by atoms with van der Waals surface area (Å²) in [6, 6.07) is 0. The molecule has 0 unspecified atom stereocenters. The van der Waals surface area contributed by atoms with E-state index in [-0.39, 0.29) is 0 Å². The van der Waals surface area contributed by atoms with E-state index in [4.69, 9.17) is 11.6 Å². The SMILES string of the molecule is CCc1nn(C)c(CNCc2cn(C)nc2C)c1Cl. The summed E-state index contributed by atoms with van der Waals surface area (Å²) in [7, 11) is 3.86. The Morgan fingerprint density at radius 2 is 2.00 bits per heavy atom. The third-order valence-corrected chi connectivity index (χ3v) is 3.66. The van der Waals surface area contributed by atoms with Crippen molar-refractivity contribution in [2.45, 2.75) is 33.4 Å². The Bertz CT molecular complexity index is 570. The lowest BCUT2D eigenvalue weighted by Crippen LogP contribution is -2.15. The van der Waals surface area contributed by atoms with Crippen LogP contribution in [0.5, 0.6) is 0 Å². The van der Waals surface area contributed by atoms with Crippen LogP contribution in [-0.2, 0) is 33.6 Å². The second kappa shape index (κ2) is 5.75. The average Bonchev–Trinajstić information content (AvgIpc) is 2.82. The number of aryl methyl sites for hydroxylation is 4. The highest BCUT2D eigenvalue weighted by Gasteiger charge is 2.12. The molecule has 0 aliphatic heterocycles. The summed E-state index contributed by atoms with van der Waals surface area (Å²) in [5, 5.41) is 12.9. The molecule has 0 saturated carbocycles. The highest BCUT2D eigenvalue weighted by atomic mass is 35.5. The maximum atomic E-state index is 6.31. The molecule has 2 rings (SSSR count). The standard InChI is InChI=1S/C13H20ClN5/c1-5-11-13(14)12(19(4)17-11)7-15-6-10-8-18(3)16-9(10)2/h8,15H,5-7H2,1-4H3. The zero-order valence-electron chi connectivity index (χ0n) is 11.9. The first kappa shape index (κ1) is 14.1. The van der Waals surface area contributed by atoms with E-state index in [1.165, 1.54) is 5.56 Å². The summed E-state index contributed by atoms with van der Waals surface area (Å²) in [4.78, 5) is 0. The number of nitrogens with zero attached hydrogens (tertiary/aromatic N) is 4. The minimum Gasteiger partial charge on any atom is -0.307 e. The first-order valence-corrected chi connectivity index (χ1v) is 6.80. The van der Waals surface area contributed by atoms with Crippen LogP contribution in [0, 0.1) is 6.92 Å². The van der Waals surface area contributed by atoms with Crippen molar-refractivity contribution in [3.8, 4) is 0 Å². The molecule has 0 amide bonds. The van der Waals surface area contributed by atoms with Crippen LogP contribution in [0.2, 0.25) is 5.02 Å².